The second kappa shape index (κ2) is 7.60. The van der Waals surface area contributed by atoms with Crippen molar-refractivity contribution in [1.29, 1.82) is 0 Å². The van der Waals surface area contributed by atoms with Crippen molar-refractivity contribution in [3.05, 3.63) is 23.8 Å². The number of amides is 1. The van der Waals surface area contributed by atoms with Gasteiger partial charge in [0.25, 0.3) is 0 Å². The van der Waals surface area contributed by atoms with E-state index in [1.807, 2.05) is 4.90 Å². The molecule has 0 atom stereocenters. The van der Waals surface area contributed by atoms with Crippen LogP contribution in [0.1, 0.15) is 17.3 Å². The molecular formula is C15H21N3O6S. The fourth-order valence-corrected chi connectivity index (χ4v) is 3.16. The molecule has 0 radical (unpaired) electrons. The first kappa shape index (κ1) is 18.8. The number of hydrogen-bond acceptors (Lipinski definition) is 6. The molecule has 1 heterocycles. The topological polar surface area (TPSA) is 116 Å². The maximum atomic E-state index is 11.7. The predicted octanol–water partition coefficient (Wildman–Crippen LogP) is 1.03. The molecule has 1 aliphatic heterocycles. The lowest BCUT2D eigenvalue weighted by atomic mass is 10.1. The molecule has 2 rings (SSSR count). The Labute approximate surface area is 146 Å². The quantitative estimate of drug-likeness (QED) is 0.794. The number of carboxylic acids is 1. The third-order valence-electron chi connectivity index (χ3n) is 3.68. The molecule has 0 unspecified atom stereocenters. The highest BCUT2D eigenvalue weighted by Crippen LogP contribution is 2.26. The molecule has 0 spiro atoms. The van der Waals surface area contributed by atoms with E-state index in [1.54, 1.807) is 17.9 Å². The summed E-state index contributed by atoms with van der Waals surface area (Å²) in [7, 11) is -3.49. The van der Waals surface area contributed by atoms with Crippen molar-refractivity contribution < 1.29 is 27.9 Å². The number of ether oxygens (including phenoxy) is 1. The Morgan fingerprint density at radius 1 is 1.24 bits per heavy atom. The van der Waals surface area contributed by atoms with Gasteiger partial charge in [0, 0.05) is 31.9 Å². The molecule has 10 heteroatoms. The van der Waals surface area contributed by atoms with Gasteiger partial charge in [-0.3, -0.25) is 4.72 Å². The first-order chi connectivity index (χ1) is 11.7. The average Bonchev–Trinajstić information content (AvgIpc) is 2.53. The van der Waals surface area contributed by atoms with Crippen LogP contribution in [0.15, 0.2) is 18.2 Å². The number of benzene rings is 1. The third-order valence-corrected chi connectivity index (χ3v) is 4.28. The summed E-state index contributed by atoms with van der Waals surface area (Å²) in [5.74, 6) is -1.15. The van der Waals surface area contributed by atoms with Crippen molar-refractivity contribution in [2.24, 2.45) is 0 Å². The molecule has 0 aromatic heterocycles. The maximum absolute atomic E-state index is 11.7. The third kappa shape index (κ3) is 4.99. The SMILES string of the molecule is CCOC(=O)N1CCN(c2ccc(NS(C)(=O)=O)cc2C(=O)O)CC1. The molecule has 1 fully saturated rings. The van der Waals surface area contributed by atoms with E-state index in [4.69, 9.17) is 4.74 Å². The molecule has 2 N–H and O–H groups in total. The Bertz CT molecular complexity index is 757. The minimum atomic E-state index is -3.49. The lowest BCUT2D eigenvalue weighted by Gasteiger charge is -2.36. The van der Waals surface area contributed by atoms with Crippen molar-refractivity contribution in [3.63, 3.8) is 0 Å². The van der Waals surface area contributed by atoms with Crippen molar-refractivity contribution in [2.45, 2.75) is 6.92 Å². The molecule has 1 saturated heterocycles. The zero-order valence-corrected chi connectivity index (χ0v) is 14.9. The van der Waals surface area contributed by atoms with E-state index in [-0.39, 0.29) is 17.3 Å². The van der Waals surface area contributed by atoms with Crippen LogP contribution < -0.4 is 9.62 Å². The van der Waals surface area contributed by atoms with Gasteiger partial charge in [-0.15, -0.1) is 0 Å². The van der Waals surface area contributed by atoms with Crippen LogP contribution in [0, 0.1) is 0 Å². The molecule has 1 aliphatic rings. The number of carbonyl (C=O) groups excluding carboxylic acids is 1. The molecule has 1 amide bonds. The van der Waals surface area contributed by atoms with Gasteiger partial charge < -0.3 is 19.6 Å². The van der Waals surface area contributed by atoms with Gasteiger partial charge in [-0.05, 0) is 25.1 Å². The van der Waals surface area contributed by atoms with Gasteiger partial charge >= 0.3 is 12.1 Å². The second-order valence-corrected chi connectivity index (χ2v) is 7.33. The van der Waals surface area contributed by atoms with Gasteiger partial charge in [-0.2, -0.15) is 0 Å². The van der Waals surface area contributed by atoms with Crippen molar-refractivity contribution in [2.75, 3.05) is 48.7 Å². The summed E-state index contributed by atoms with van der Waals surface area (Å²) in [6, 6.07) is 4.37. The molecule has 9 nitrogen and oxygen atoms in total. The van der Waals surface area contributed by atoms with Gasteiger partial charge in [0.2, 0.25) is 10.0 Å². The Hall–Kier alpha value is -2.49. The van der Waals surface area contributed by atoms with Crippen LogP contribution >= 0.6 is 0 Å². The lowest BCUT2D eigenvalue weighted by molar-refractivity contribution is 0.0696. The number of aromatic carboxylic acids is 1. The first-order valence-corrected chi connectivity index (χ1v) is 9.62. The van der Waals surface area contributed by atoms with Gasteiger partial charge in [-0.25, -0.2) is 18.0 Å². The summed E-state index contributed by atoms with van der Waals surface area (Å²) in [4.78, 5) is 26.7. The number of nitrogens with one attached hydrogen (secondary N) is 1. The summed E-state index contributed by atoms with van der Waals surface area (Å²) in [5.41, 5.74) is 0.669. The lowest BCUT2D eigenvalue weighted by Crippen LogP contribution is -2.49. The molecular weight excluding hydrogens is 350 g/mol. The fourth-order valence-electron chi connectivity index (χ4n) is 2.61. The Balaban J connectivity index is 2.17. The monoisotopic (exact) mass is 371 g/mol. The highest BCUT2D eigenvalue weighted by atomic mass is 32.2. The molecule has 1 aromatic carbocycles. The van der Waals surface area contributed by atoms with E-state index in [2.05, 4.69) is 4.72 Å². The van der Waals surface area contributed by atoms with Crippen LogP contribution in [0.2, 0.25) is 0 Å². The van der Waals surface area contributed by atoms with Crippen LogP contribution in [0.25, 0.3) is 0 Å². The average molecular weight is 371 g/mol. The van der Waals surface area contributed by atoms with Gasteiger partial charge in [-0.1, -0.05) is 0 Å². The minimum absolute atomic E-state index is 0.00163. The summed E-state index contributed by atoms with van der Waals surface area (Å²) in [6.07, 6.45) is 0.615. The molecule has 0 saturated carbocycles. The normalized spacial score (nSPS) is 15.0. The van der Waals surface area contributed by atoms with E-state index >= 15 is 0 Å². The number of carbonyl (C=O) groups is 2. The number of nitrogens with zero attached hydrogens (tertiary/aromatic N) is 2. The first-order valence-electron chi connectivity index (χ1n) is 7.73. The van der Waals surface area contributed by atoms with E-state index < -0.39 is 16.0 Å². The summed E-state index contributed by atoms with van der Waals surface area (Å²) in [6.45, 7) is 3.79. The summed E-state index contributed by atoms with van der Waals surface area (Å²) < 4.78 is 29.8. The molecule has 138 valence electrons. The van der Waals surface area contributed by atoms with Crippen molar-refractivity contribution in [1.82, 2.24) is 4.90 Å². The molecule has 25 heavy (non-hydrogen) atoms. The number of anilines is 2. The number of rotatable bonds is 5. The molecule has 0 aliphatic carbocycles. The minimum Gasteiger partial charge on any atom is -0.478 e. The Morgan fingerprint density at radius 3 is 2.40 bits per heavy atom. The van der Waals surface area contributed by atoms with E-state index in [0.29, 0.717) is 38.5 Å². The number of hydrogen-bond donors (Lipinski definition) is 2. The smallest absolute Gasteiger partial charge is 0.409 e. The molecule has 0 bridgehead atoms. The van der Waals surface area contributed by atoms with E-state index in [0.717, 1.165) is 6.26 Å². The van der Waals surface area contributed by atoms with Crippen LogP contribution in [0.4, 0.5) is 16.2 Å². The van der Waals surface area contributed by atoms with Crippen LogP contribution in [0.3, 0.4) is 0 Å². The van der Waals surface area contributed by atoms with Gasteiger partial charge in [0.05, 0.1) is 24.1 Å². The van der Waals surface area contributed by atoms with Gasteiger partial charge in [0.15, 0.2) is 0 Å². The zero-order chi connectivity index (χ0) is 18.6. The van der Waals surface area contributed by atoms with Crippen LogP contribution in [0.5, 0.6) is 0 Å². The Morgan fingerprint density at radius 2 is 1.88 bits per heavy atom. The highest BCUT2D eigenvalue weighted by molar-refractivity contribution is 7.92. The van der Waals surface area contributed by atoms with Gasteiger partial charge in [0.1, 0.15) is 0 Å². The number of sulfonamides is 1. The molecule has 1 aromatic rings. The number of piperazine rings is 1. The predicted molar refractivity (Wildman–Crippen MR) is 92.7 cm³/mol. The largest absolute Gasteiger partial charge is 0.478 e. The second-order valence-electron chi connectivity index (χ2n) is 5.58. The standard InChI is InChI=1S/C15H21N3O6S/c1-3-24-15(21)18-8-6-17(7-9-18)13-5-4-11(16-25(2,22)23)10-12(13)14(19)20/h4-5,10,16H,3,6-9H2,1-2H3,(H,19,20). The fraction of sp³-hybridized carbons (Fsp3) is 0.467. The summed E-state index contributed by atoms with van der Waals surface area (Å²) >= 11 is 0. The number of carboxylic acid groups (broad SMARTS) is 1. The van der Waals surface area contributed by atoms with E-state index in [9.17, 15) is 23.1 Å². The highest BCUT2D eigenvalue weighted by Gasteiger charge is 2.25. The van der Waals surface area contributed by atoms with E-state index in [1.165, 1.54) is 12.1 Å². The van der Waals surface area contributed by atoms with Crippen LogP contribution in [-0.2, 0) is 14.8 Å². The zero-order valence-electron chi connectivity index (χ0n) is 14.1. The van der Waals surface area contributed by atoms with Crippen molar-refractivity contribution >= 4 is 33.5 Å². The summed E-state index contributed by atoms with van der Waals surface area (Å²) in [5, 5.41) is 9.44. The maximum Gasteiger partial charge on any atom is 0.409 e. The van der Waals surface area contributed by atoms with Crippen LogP contribution in [-0.4, -0.2) is 69.5 Å². The Kier molecular flexibility index (Phi) is 5.73. The van der Waals surface area contributed by atoms with Crippen molar-refractivity contribution in [3.8, 4) is 0 Å².